The predicted octanol–water partition coefficient (Wildman–Crippen LogP) is 4.55. The number of rotatable bonds is 1. The summed E-state index contributed by atoms with van der Waals surface area (Å²) in [6, 6.07) is 12.9. The molecule has 1 aromatic carbocycles. The summed E-state index contributed by atoms with van der Waals surface area (Å²) in [4.78, 5) is 0. The van der Waals surface area contributed by atoms with E-state index in [0.717, 1.165) is 0 Å². The van der Waals surface area contributed by atoms with Crippen molar-refractivity contribution in [3.05, 3.63) is 53.3 Å². The molecule has 0 amide bonds. The summed E-state index contributed by atoms with van der Waals surface area (Å²) < 4.78 is 0. The van der Waals surface area contributed by atoms with Crippen molar-refractivity contribution in [2.45, 2.75) is 13.8 Å². The maximum Gasteiger partial charge on any atom is 0.00930 e. The zero-order chi connectivity index (χ0) is 9.97. The van der Waals surface area contributed by atoms with Gasteiger partial charge in [-0.2, -0.15) is 0 Å². The summed E-state index contributed by atoms with van der Waals surface area (Å²) in [7, 11) is 1.31. The van der Waals surface area contributed by atoms with Crippen LogP contribution in [0.2, 0.25) is 0 Å². The van der Waals surface area contributed by atoms with Crippen LogP contribution in [0.1, 0.15) is 11.1 Å². The van der Waals surface area contributed by atoms with Gasteiger partial charge >= 0.3 is 0 Å². The molecule has 0 bridgehead atoms. The molecule has 70 valence electrons. The first-order valence-electron chi connectivity index (χ1n) is 4.76. The molecule has 0 aliphatic heterocycles. The van der Waals surface area contributed by atoms with E-state index in [9.17, 15) is 0 Å². The minimum Gasteiger partial charge on any atom is -0.0675 e. The lowest BCUT2D eigenvalue weighted by molar-refractivity contribution is 1.37. The monoisotopic (exact) mass is 200 g/mol. The van der Waals surface area contributed by atoms with Crippen molar-refractivity contribution in [1.82, 2.24) is 0 Å². The first-order valence-corrected chi connectivity index (χ1v) is 5.72. The van der Waals surface area contributed by atoms with E-state index in [1.54, 1.807) is 0 Å². The SMILES string of the molecule is Cc1cpc(-c2ccccc2)cc1C. The van der Waals surface area contributed by atoms with E-state index in [-0.39, 0.29) is 0 Å². The summed E-state index contributed by atoms with van der Waals surface area (Å²) in [5.74, 6) is 2.28. The molecule has 0 aliphatic rings. The van der Waals surface area contributed by atoms with E-state index in [2.05, 4.69) is 56.0 Å². The van der Waals surface area contributed by atoms with Gasteiger partial charge in [0.15, 0.2) is 0 Å². The zero-order valence-corrected chi connectivity index (χ0v) is 9.38. The van der Waals surface area contributed by atoms with Gasteiger partial charge in [-0.05, 0) is 42.4 Å². The van der Waals surface area contributed by atoms with Gasteiger partial charge in [0.25, 0.3) is 0 Å². The van der Waals surface area contributed by atoms with E-state index in [1.807, 2.05) is 0 Å². The number of benzene rings is 1. The highest BCUT2D eigenvalue weighted by Gasteiger charge is 1.98. The summed E-state index contributed by atoms with van der Waals surface area (Å²) >= 11 is 0. The summed E-state index contributed by atoms with van der Waals surface area (Å²) in [6.45, 7) is 4.34. The Bertz CT molecular complexity index is 432. The number of aryl methyl sites for hydroxylation is 2. The van der Waals surface area contributed by atoms with Gasteiger partial charge in [-0.15, -0.1) is 0 Å². The Morgan fingerprint density at radius 3 is 2.29 bits per heavy atom. The Balaban J connectivity index is 2.48. The van der Waals surface area contributed by atoms with Gasteiger partial charge in [0.1, 0.15) is 0 Å². The summed E-state index contributed by atoms with van der Waals surface area (Å²) in [5.41, 5.74) is 4.10. The van der Waals surface area contributed by atoms with Crippen molar-refractivity contribution >= 4 is 8.19 Å². The average Bonchev–Trinajstić information content (AvgIpc) is 2.23. The molecule has 1 aromatic heterocycles. The van der Waals surface area contributed by atoms with Crippen LogP contribution >= 0.6 is 8.19 Å². The van der Waals surface area contributed by atoms with E-state index in [1.165, 1.54) is 30.2 Å². The number of hydrogen-bond acceptors (Lipinski definition) is 0. The van der Waals surface area contributed by atoms with Crippen LogP contribution in [0.4, 0.5) is 0 Å². The third-order valence-corrected chi connectivity index (χ3v) is 3.62. The third kappa shape index (κ3) is 1.86. The largest absolute Gasteiger partial charge is 0.0675 e. The van der Waals surface area contributed by atoms with Crippen molar-refractivity contribution in [3.63, 3.8) is 0 Å². The van der Waals surface area contributed by atoms with Gasteiger partial charge in [0.2, 0.25) is 0 Å². The van der Waals surface area contributed by atoms with Crippen molar-refractivity contribution in [2.75, 3.05) is 0 Å². The lowest BCUT2D eigenvalue weighted by atomic mass is 10.1. The van der Waals surface area contributed by atoms with E-state index in [4.69, 9.17) is 0 Å². The molecule has 0 unspecified atom stereocenters. The molecule has 2 aromatic rings. The molecule has 1 heterocycles. The van der Waals surface area contributed by atoms with Gasteiger partial charge < -0.3 is 0 Å². The van der Waals surface area contributed by atoms with Gasteiger partial charge in [-0.1, -0.05) is 38.5 Å². The molecule has 0 radical (unpaired) electrons. The standard InChI is InChI=1S/C13H13P/c1-10-8-13(14-9-11(10)2)12-6-4-3-5-7-12/h3-9H,1-2H3. The van der Waals surface area contributed by atoms with Crippen LogP contribution in [0.15, 0.2) is 42.2 Å². The molecule has 2 rings (SSSR count). The van der Waals surface area contributed by atoms with Gasteiger partial charge in [-0.25, -0.2) is 0 Å². The first-order chi connectivity index (χ1) is 6.77. The molecule has 0 saturated heterocycles. The van der Waals surface area contributed by atoms with Crippen molar-refractivity contribution in [2.24, 2.45) is 0 Å². The van der Waals surface area contributed by atoms with Crippen LogP contribution in [0, 0.1) is 13.8 Å². The lowest BCUT2D eigenvalue weighted by Gasteiger charge is -2.04. The van der Waals surface area contributed by atoms with Gasteiger partial charge in [0, 0.05) is 5.30 Å². The minimum atomic E-state index is 1.31. The van der Waals surface area contributed by atoms with Crippen molar-refractivity contribution in [3.8, 4) is 10.9 Å². The maximum absolute atomic E-state index is 2.28. The predicted molar refractivity (Wildman–Crippen MR) is 63.9 cm³/mol. The molecule has 0 aliphatic carbocycles. The highest BCUT2D eigenvalue weighted by molar-refractivity contribution is 7.33. The second kappa shape index (κ2) is 3.94. The highest BCUT2D eigenvalue weighted by atomic mass is 31.0. The fourth-order valence-corrected chi connectivity index (χ4v) is 2.49. The van der Waals surface area contributed by atoms with E-state index >= 15 is 0 Å². The van der Waals surface area contributed by atoms with Crippen molar-refractivity contribution < 1.29 is 0 Å². The second-order valence-corrected chi connectivity index (χ2v) is 4.52. The van der Waals surface area contributed by atoms with Crippen molar-refractivity contribution in [1.29, 1.82) is 0 Å². The highest BCUT2D eigenvalue weighted by Crippen LogP contribution is 2.29. The molecule has 1 heteroatoms. The fourth-order valence-electron chi connectivity index (χ4n) is 1.39. The Morgan fingerprint density at radius 2 is 1.64 bits per heavy atom. The molecule has 0 fully saturated rings. The Labute approximate surface area is 86.7 Å². The topological polar surface area (TPSA) is 0 Å². The lowest BCUT2D eigenvalue weighted by Crippen LogP contribution is -1.79. The van der Waals surface area contributed by atoms with E-state index < -0.39 is 0 Å². The first kappa shape index (κ1) is 9.43. The normalized spacial score (nSPS) is 10.7. The van der Waals surface area contributed by atoms with Gasteiger partial charge in [-0.3, -0.25) is 0 Å². The molecule has 0 nitrogen and oxygen atoms in total. The second-order valence-electron chi connectivity index (χ2n) is 3.52. The Kier molecular flexibility index (Phi) is 2.65. The van der Waals surface area contributed by atoms with E-state index in [0.29, 0.717) is 0 Å². The van der Waals surface area contributed by atoms with Crippen LogP contribution in [-0.2, 0) is 0 Å². The molecule has 0 spiro atoms. The van der Waals surface area contributed by atoms with Crippen LogP contribution in [0.3, 0.4) is 0 Å². The Morgan fingerprint density at radius 1 is 0.929 bits per heavy atom. The molecule has 0 saturated carbocycles. The van der Waals surface area contributed by atoms with Crippen LogP contribution in [0.25, 0.3) is 10.9 Å². The summed E-state index contributed by atoms with van der Waals surface area (Å²) in [5, 5.41) is 1.40. The van der Waals surface area contributed by atoms with Crippen LogP contribution in [-0.4, -0.2) is 0 Å². The molecule has 0 atom stereocenters. The summed E-state index contributed by atoms with van der Waals surface area (Å²) in [6.07, 6.45) is 0. The quantitative estimate of drug-likeness (QED) is 0.633. The average molecular weight is 200 g/mol. The molecule has 14 heavy (non-hydrogen) atoms. The molecule has 0 N–H and O–H groups in total. The third-order valence-electron chi connectivity index (χ3n) is 2.44. The van der Waals surface area contributed by atoms with Gasteiger partial charge in [0.05, 0.1) is 0 Å². The fraction of sp³-hybridized carbons (Fsp3) is 0.154. The minimum absolute atomic E-state index is 1.31. The van der Waals surface area contributed by atoms with Crippen LogP contribution in [0.5, 0.6) is 0 Å². The number of hydrogen-bond donors (Lipinski definition) is 0. The molecular weight excluding hydrogens is 187 g/mol. The smallest absolute Gasteiger partial charge is 0.00930 e. The maximum atomic E-state index is 2.28. The Hall–Kier alpha value is -1.13. The molecular formula is C13H13P. The van der Waals surface area contributed by atoms with Crippen LogP contribution < -0.4 is 0 Å². The zero-order valence-electron chi connectivity index (χ0n) is 8.49.